The van der Waals surface area contributed by atoms with E-state index < -0.39 is 0 Å². The highest BCUT2D eigenvalue weighted by Gasteiger charge is 2.24. The van der Waals surface area contributed by atoms with Gasteiger partial charge in [-0.3, -0.25) is 5.10 Å². The van der Waals surface area contributed by atoms with E-state index in [1.54, 1.807) is 11.3 Å². The number of H-pyrrole nitrogens is 1. The third-order valence-electron chi connectivity index (χ3n) is 4.56. The molecule has 0 aromatic carbocycles. The minimum absolute atomic E-state index is 0.407. The number of fused-ring (bicyclic) bond motifs is 1. The molecule has 2 N–H and O–H groups in total. The van der Waals surface area contributed by atoms with Crippen molar-refractivity contribution >= 4 is 11.3 Å². The number of hydrogen-bond acceptors (Lipinski definition) is 5. The van der Waals surface area contributed by atoms with Crippen molar-refractivity contribution in [3.63, 3.8) is 0 Å². The molecule has 7 heteroatoms. The fraction of sp³-hybridized carbons (Fsp3) is 0.471. The molecule has 1 unspecified atom stereocenters. The predicted molar refractivity (Wildman–Crippen MR) is 95.0 cm³/mol. The normalized spacial score (nSPS) is 17.4. The molecule has 0 spiro atoms. The summed E-state index contributed by atoms with van der Waals surface area (Å²) in [5, 5.41) is 21.8. The lowest BCUT2D eigenvalue weighted by Crippen LogP contribution is -2.37. The average Bonchev–Trinajstić information content (AvgIpc) is 3.31. The van der Waals surface area contributed by atoms with Gasteiger partial charge in [0.25, 0.3) is 0 Å². The zero-order valence-corrected chi connectivity index (χ0v) is 14.8. The lowest BCUT2D eigenvalue weighted by molar-refractivity contribution is 0.370. The summed E-state index contributed by atoms with van der Waals surface area (Å²) in [5.41, 5.74) is 2.34. The van der Waals surface area contributed by atoms with Gasteiger partial charge >= 0.3 is 0 Å². The van der Waals surface area contributed by atoms with Crippen LogP contribution in [0, 0.1) is 0 Å². The molecule has 3 aromatic heterocycles. The van der Waals surface area contributed by atoms with Crippen LogP contribution in [-0.4, -0.2) is 31.0 Å². The van der Waals surface area contributed by atoms with E-state index in [0.717, 1.165) is 43.3 Å². The SMILES string of the molecule is CC(C)c1nnc2n1CC(NCc1cn[nH]c1-c1cccs1)CC2. The lowest BCUT2D eigenvalue weighted by Gasteiger charge is -2.26. The van der Waals surface area contributed by atoms with Gasteiger partial charge < -0.3 is 9.88 Å². The van der Waals surface area contributed by atoms with E-state index in [4.69, 9.17) is 0 Å². The van der Waals surface area contributed by atoms with E-state index in [-0.39, 0.29) is 0 Å². The van der Waals surface area contributed by atoms with Crippen LogP contribution in [0.5, 0.6) is 0 Å². The van der Waals surface area contributed by atoms with Crippen LogP contribution in [0.25, 0.3) is 10.6 Å². The van der Waals surface area contributed by atoms with Crippen LogP contribution < -0.4 is 5.32 Å². The second kappa shape index (κ2) is 6.49. The number of aryl methyl sites for hydroxylation is 1. The zero-order chi connectivity index (χ0) is 16.5. The number of nitrogens with one attached hydrogen (secondary N) is 2. The monoisotopic (exact) mass is 342 g/mol. The van der Waals surface area contributed by atoms with Crippen molar-refractivity contribution in [2.45, 2.75) is 51.7 Å². The van der Waals surface area contributed by atoms with Gasteiger partial charge in [-0.1, -0.05) is 19.9 Å². The van der Waals surface area contributed by atoms with Crippen molar-refractivity contribution in [2.24, 2.45) is 0 Å². The molecule has 0 bridgehead atoms. The smallest absolute Gasteiger partial charge is 0.135 e. The van der Waals surface area contributed by atoms with Gasteiger partial charge in [-0.2, -0.15) is 5.10 Å². The minimum Gasteiger partial charge on any atom is -0.313 e. The first-order valence-corrected chi connectivity index (χ1v) is 9.32. The van der Waals surface area contributed by atoms with Crippen molar-refractivity contribution in [2.75, 3.05) is 0 Å². The molecule has 1 atom stereocenters. The molecule has 1 aliphatic rings. The maximum atomic E-state index is 4.36. The van der Waals surface area contributed by atoms with Crippen molar-refractivity contribution in [1.29, 1.82) is 0 Å². The number of nitrogens with zero attached hydrogens (tertiary/aromatic N) is 4. The highest BCUT2D eigenvalue weighted by atomic mass is 32.1. The van der Waals surface area contributed by atoms with E-state index in [1.807, 2.05) is 6.20 Å². The number of aromatic nitrogens is 5. The molecular formula is C17H22N6S. The Morgan fingerprint density at radius 2 is 2.33 bits per heavy atom. The largest absolute Gasteiger partial charge is 0.313 e. The van der Waals surface area contributed by atoms with Gasteiger partial charge in [-0.05, 0) is 17.9 Å². The van der Waals surface area contributed by atoms with Gasteiger partial charge in [-0.25, -0.2) is 0 Å². The molecule has 0 aliphatic carbocycles. The molecule has 0 saturated carbocycles. The van der Waals surface area contributed by atoms with E-state index in [2.05, 4.69) is 61.6 Å². The van der Waals surface area contributed by atoms with Gasteiger partial charge in [0.1, 0.15) is 11.6 Å². The molecule has 4 heterocycles. The maximum Gasteiger partial charge on any atom is 0.135 e. The third-order valence-corrected chi connectivity index (χ3v) is 5.45. The fourth-order valence-corrected chi connectivity index (χ4v) is 4.03. The van der Waals surface area contributed by atoms with Gasteiger partial charge in [0.2, 0.25) is 0 Å². The number of aromatic amines is 1. The van der Waals surface area contributed by atoms with E-state index in [0.29, 0.717) is 12.0 Å². The van der Waals surface area contributed by atoms with Gasteiger partial charge in [-0.15, -0.1) is 21.5 Å². The molecule has 126 valence electrons. The molecular weight excluding hydrogens is 320 g/mol. The van der Waals surface area contributed by atoms with Crippen LogP contribution in [0.1, 0.15) is 43.4 Å². The first kappa shape index (κ1) is 15.5. The Morgan fingerprint density at radius 1 is 1.42 bits per heavy atom. The highest BCUT2D eigenvalue weighted by Crippen LogP contribution is 2.26. The Balaban J connectivity index is 1.44. The van der Waals surface area contributed by atoms with Crippen LogP contribution >= 0.6 is 11.3 Å². The topological polar surface area (TPSA) is 71.4 Å². The van der Waals surface area contributed by atoms with E-state index in [1.165, 1.54) is 10.4 Å². The first-order valence-electron chi connectivity index (χ1n) is 8.44. The molecule has 6 nitrogen and oxygen atoms in total. The average molecular weight is 342 g/mol. The lowest BCUT2D eigenvalue weighted by atomic mass is 10.1. The molecule has 3 aromatic rings. The molecule has 0 amide bonds. The number of hydrogen-bond donors (Lipinski definition) is 2. The van der Waals surface area contributed by atoms with E-state index >= 15 is 0 Å². The van der Waals surface area contributed by atoms with Gasteiger partial charge in [0.15, 0.2) is 0 Å². The Hall–Kier alpha value is -1.99. The number of rotatable bonds is 5. The Kier molecular flexibility index (Phi) is 4.20. The standard InChI is InChI=1S/C17H22N6S/c1-11(2)17-22-20-15-6-5-13(10-23(15)17)18-8-12-9-19-21-16(12)14-4-3-7-24-14/h3-4,7,9,11,13,18H,5-6,8,10H2,1-2H3,(H,19,21). The van der Waals surface area contributed by atoms with Crippen molar-refractivity contribution in [1.82, 2.24) is 30.3 Å². The summed E-state index contributed by atoms with van der Waals surface area (Å²) in [6.45, 7) is 6.12. The number of thiophene rings is 1. The second-order valence-corrected chi connectivity index (χ2v) is 7.55. The first-order chi connectivity index (χ1) is 11.7. The summed E-state index contributed by atoms with van der Waals surface area (Å²) in [4.78, 5) is 1.23. The Bertz CT molecular complexity index is 801. The quantitative estimate of drug-likeness (QED) is 0.748. The molecule has 24 heavy (non-hydrogen) atoms. The summed E-state index contributed by atoms with van der Waals surface area (Å²) < 4.78 is 2.29. The van der Waals surface area contributed by atoms with Gasteiger partial charge in [0, 0.05) is 37.0 Å². The molecule has 0 saturated heterocycles. The highest BCUT2D eigenvalue weighted by molar-refractivity contribution is 7.13. The summed E-state index contributed by atoms with van der Waals surface area (Å²) in [6.07, 6.45) is 4.01. The van der Waals surface area contributed by atoms with Crippen LogP contribution in [-0.2, 0) is 19.5 Å². The summed E-state index contributed by atoms with van der Waals surface area (Å²) in [7, 11) is 0. The van der Waals surface area contributed by atoms with Crippen LogP contribution in [0.15, 0.2) is 23.7 Å². The Labute approximate surface area is 145 Å². The van der Waals surface area contributed by atoms with Crippen LogP contribution in [0.3, 0.4) is 0 Å². The molecule has 0 radical (unpaired) electrons. The zero-order valence-electron chi connectivity index (χ0n) is 14.0. The van der Waals surface area contributed by atoms with Crippen molar-refractivity contribution < 1.29 is 0 Å². The summed E-state index contributed by atoms with van der Waals surface area (Å²) in [5.74, 6) is 2.63. The second-order valence-electron chi connectivity index (χ2n) is 6.60. The third kappa shape index (κ3) is 2.89. The van der Waals surface area contributed by atoms with Crippen molar-refractivity contribution in [3.05, 3.63) is 40.9 Å². The summed E-state index contributed by atoms with van der Waals surface area (Å²) in [6, 6.07) is 4.64. The summed E-state index contributed by atoms with van der Waals surface area (Å²) >= 11 is 1.73. The minimum atomic E-state index is 0.407. The predicted octanol–water partition coefficient (Wildman–Crippen LogP) is 2.96. The van der Waals surface area contributed by atoms with Crippen LogP contribution in [0.2, 0.25) is 0 Å². The van der Waals surface area contributed by atoms with Crippen molar-refractivity contribution in [3.8, 4) is 10.6 Å². The molecule has 0 fully saturated rings. The molecule has 4 rings (SSSR count). The Morgan fingerprint density at radius 3 is 3.12 bits per heavy atom. The maximum absolute atomic E-state index is 4.36. The van der Waals surface area contributed by atoms with Crippen LogP contribution in [0.4, 0.5) is 0 Å². The molecule has 1 aliphatic heterocycles. The fourth-order valence-electron chi connectivity index (χ4n) is 3.28. The van der Waals surface area contributed by atoms with E-state index in [9.17, 15) is 0 Å². The van der Waals surface area contributed by atoms with Gasteiger partial charge in [0.05, 0.1) is 16.8 Å².